The normalized spacial score (nSPS) is 14.2. The molecule has 5 heteroatoms. The van der Waals surface area contributed by atoms with Crippen LogP contribution in [-0.4, -0.2) is 13.1 Å². The number of allylic oxidation sites excluding steroid dienone is 1. The van der Waals surface area contributed by atoms with E-state index < -0.39 is 0 Å². The fourth-order valence-corrected chi connectivity index (χ4v) is 3.29. The fourth-order valence-electron chi connectivity index (χ4n) is 1.99. The van der Waals surface area contributed by atoms with E-state index in [0.29, 0.717) is 6.54 Å². The first-order valence-corrected chi connectivity index (χ1v) is 6.96. The molecule has 1 saturated heterocycles. The second kappa shape index (κ2) is 5.56. The molecule has 3 nitrogen and oxygen atoms in total. The van der Waals surface area contributed by atoms with Crippen molar-refractivity contribution in [3.05, 3.63) is 38.3 Å². The molecule has 0 N–H and O–H groups in total. The average molecular weight is 367 g/mol. The van der Waals surface area contributed by atoms with Crippen LogP contribution in [0.15, 0.2) is 38.3 Å². The van der Waals surface area contributed by atoms with Gasteiger partial charge in [0.1, 0.15) is 17.7 Å². The lowest BCUT2D eigenvalue weighted by atomic mass is 10.1. The zero-order chi connectivity index (χ0) is 13.1. The number of benzene rings is 1. The van der Waals surface area contributed by atoms with Gasteiger partial charge in [-0.05, 0) is 46.1 Å². The Kier molecular flexibility index (Phi) is 4.06. The molecule has 0 bridgehead atoms. The molecule has 1 aromatic rings. The highest BCUT2D eigenvalue weighted by molar-refractivity contribution is 9.11. The maximum atomic E-state index is 8.87. The number of nitrogens with zero attached hydrogens (tertiary/aromatic N) is 3. The number of rotatable bonds is 1. The first-order valence-electron chi connectivity index (χ1n) is 5.38. The smallest absolute Gasteiger partial charge is 0.130 e. The molecule has 0 atom stereocenters. The van der Waals surface area contributed by atoms with Gasteiger partial charge in [-0.3, -0.25) is 0 Å². The van der Waals surface area contributed by atoms with Crippen LogP contribution in [0.2, 0.25) is 0 Å². The second-order valence-electron chi connectivity index (χ2n) is 3.97. The van der Waals surface area contributed by atoms with Gasteiger partial charge in [-0.25, -0.2) is 0 Å². The lowest BCUT2D eigenvalue weighted by Gasteiger charge is -2.19. The molecular weight excluding hydrogens is 358 g/mol. The van der Waals surface area contributed by atoms with Crippen molar-refractivity contribution in [2.24, 2.45) is 0 Å². The number of anilines is 1. The molecule has 90 valence electrons. The molecule has 1 heterocycles. The van der Waals surface area contributed by atoms with Crippen LogP contribution in [0.1, 0.15) is 6.42 Å². The van der Waals surface area contributed by atoms with Gasteiger partial charge in [0.05, 0.1) is 5.69 Å². The lowest BCUT2D eigenvalue weighted by molar-refractivity contribution is 0.964. The van der Waals surface area contributed by atoms with Gasteiger partial charge in [-0.1, -0.05) is 15.9 Å². The van der Waals surface area contributed by atoms with E-state index in [1.165, 1.54) is 0 Å². The van der Waals surface area contributed by atoms with E-state index in [0.717, 1.165) is 33.2 Å². The van der Waals surface area contributed by atoms with Crippen LogP contribution in [0.25, 0.3) is 0 Å². The van der Waals surface area contributed by atoms with Gasteiger partial charge >= 0.3 is 0 Å². The highest BCUT2D eigenvalue weighted by atomic mass is 79.9. The van der Waals surface area contributed by atoms with Gasteiger partial charge in [-0.2, -0.15) is 10.5 Å². The first-order chi connectivity index (χ1) is 8.65. The molecule has 1 aromatic carbocycles. The Balaban J connectivity index is 2.27. The van der Waals surface area contributed by atoms with Crippen molar-refractivity contribution >= 4 is 37.5 Å². The average Bonchev–Trinajstić information content (AvgIpc) is 2.80. The van der Waals surface area contributed by atoms with Crippen molar-refractivity contribution in [3.8, 4) is 12.1 Å². The zero-order valence-electron chi connectivity index (χ0n) is 9.45. The number of halogens is 2. The number of hydrogen-bond donors (Lipinski definition) is 0. The van der Waals surface area contributed by atoms with Crippen LogP contribution in [0.3, 0.4) is 0 Å². The molecule has 0 saturated carbocycles. The molecule has 0 radical (unpaired) electrons. The third-order valence-corrected chi connectivity index (χ3v) is 4.02. The molecule has 0 aromatic heterocycles. The van der Waals surface area contributed by atoms with Crippen molar-refractivity contribution in [1.82, 2.24) is 0 Å². The number of hydrogen-bond acceptors (Lipinski definition) is 3. The summed E-state index contributed by atoms with van der Waals surface area (Å²) < 4.78 is 2.02. The van der Waals surface area contributed by atoms with E-state index in [2.05, 4.69) is 36.8 Å². The summed E-state index contributed by atoms with van der Waals surface area (Å²) in [4.78, 5) is 2.17. The molecule has 0 amide bonds. The van der Waals surface area contributed by atoms with E-state index in [-0.39, 0.29) is 5.57 Å². The van der Waals surface area contributed by atoms with Gasteiger partial charge in [0.2, 0.25) is 0 Å². The van der Waals surface area contributed by atoms with Gasteiger partial charge in [0, 0.05) is 22.0 Å². The van der Waals surface area contributed by atoms with E-state index in [1.807, 2.05) is 30.3 Å². The summed E-state index contributed by atoms with van der Waals surface area (Å²) in [5.41, 5.74) is 2.27. The van der Waals surface area contributed by atoms with Crippen molar-refractivity contribution in [2.45, 2.75) is 6.42 Å². The molecule has 1 aliphatic heterocycles. The summed E-state index contributed by atoms with van der Waals surface area (Å²) in [6.45, 7) is 1.49. The predicted octanol–water partition coefficient (Wildman–Crippen LogP) is 3.77. The summed E-state index contributed by atoms with van der Waals surface area (Å²) in [5.74, 6) is 0. The quantitative estimate of drug-likeness (QED) is 0.711. The highest BCUT2D eigenvalue weighted by Crippen LogP contribution is 2.33. The van der Waals surface area contributed by atoms with Crippen LogP contribution in [0, 0.1) is 22.7 Å². The van der Waals surface area contributed by atoms with E-state index in [1.54, 1.807) is 0 Å². The van der Waals surface area contributed by atoms with Crippen molar-refractivity contribution in [3.63, 3.8) is 0 Å². The Bertz CT molecular complexity index is 577. The SMILES string of the molecule is N#CC(C#N)=C1CCN(c2ccc(Br)cc2Br)C1. The van der Waals surface area contributed by atoms with Crippen LogP contribution < -0.4 is 4.90 Å². The van der Waals surface area contributed by atoms with Gasteiger partial charge < -0.3 is 4.90 Å². The molecule has 0 aliphatic carbocycles. The van der Waals surface area contributed by atoms with Crippen molar-refractivity contribution in [2.75, 3.05) is 18.0 Å². The fraction of sp³-hybridized carbons (Fsp3) is 0.231. The summed E-state index contributed by atoms with van der Waals surface area (Å²) in [7, 11) is 0. The standard InChI is InChI=1S/C13H9Br2N3/c14-11-1-2-13(12(15)5-11)18-4-3-9(8-18)10(6-16)7-17/h1-2,5H,3-4,8H2. The third-order valence-electron chi connectivity index (χ3n) is 2.89. The van der Waals surface area contributed by atoms with Crippen LogP contribution in [-0.2, 0) is 0 Å². The van der Waals surface area contributed by atoms with E-state index in [4.69, 9.17) is 10.5 Å². The van der Waals surface area contributed by atoms with Gasteiger partial charge in [0.25, 0.3) is 0 Å². The molecule has 2 rings (SSSR count). The minimum absolute atomic E-state index is 0.255. The maximum absolute atomic E-state index is 8.87. The molecule has 0 spiro atoms. The van der Waals surface area contributed by atoms with Crippen LogP contribution in [0.5, 0.6) is 0 Å². The second-order valence-corrected chi connectivity index (χ2v) is 5.74. The summed E-state index contributed by atoms with van der Waals surface area (Å²) in [6, 6.07) is 9.92. The van der Waals surface area contributed by atoms with Gasteiger partial charge in [0.15, 0.2) is 0 Å². The lowest BCUT2D eigenvalue weighted by Crippen LogP contribution is -2.18. The summed E-state index contributed by atoms with van der Waals surface area (Å²) >= 11 is 6.95. The monoisotopic (exact) mass is 365 g/mol. The molecule has 1 aliphatic rings. The maximum Gasteiger partial charge on any atom is 0.130 e. The van der Waals surface area contributed by atoms with Crippen LogP contribution >= 0.6 is 31.9 Å². The Morgan fingerprint density at radius 1 is 1.22 bits per heavy atom. The van der Waals surface area contributed by atoms with E-state index in [9.17, 15) is 0 Å². The van der Waals surface area contributed by atoms with Crippen LogP contribution in [0.4, 0.5) is 5.69 Å². The predicted molar refractivity (Wildman–Crippen MR) is 76.9 cm³/mol. The summed E-state index contributed by atoms with van der Waals surface area (Å²) in [6.07, 6.45) is 0.777. The molecule has 18 heavy (non-hydrogen) atoms. The minimum Gasteiger partial charge on any atom is -0.366 e. The molecule has 1 fully saturated rings. The first kappa shape index (κ1) is 13.1. The minimum atomic E-state index is 0.255. The Morgan fingerprint density at radius 2 is 1.94 bits per heavy atom. The third kappa shape index (κ3) is 2.58. The van der Waals surface area contributed by atoms with Crippen molar-refractivity contribution in [1.29, 1.82) is 10.5 Å². The molecule has 0 unspecified atom stereocenters. The Hall–Kier alpha value is -1.30. The highest BCUT2D eigenvalue weighted by Gasteiger charge is 2.21. The molecular formula is C13H9Br2N3. The Labute approximate surface area is 123 Å². The van der Waals surface area contributed by atoms with E-state index >= 15 is 0 Å². The topological polar surface area (TPSA) is 50.8 Å². The summed E-state index contributed by atoms with van der Waals surface area (Å²) in [5, 5.41) is 17.7. The number of nitriles is 2. The zero-order valence-corrected chi connectivity index (χ0v) is 12.6. The Morgan fingerprint density at radius 3 is 2.56 bits per heavy atom. The van der Waals surface area contributed by atoms with Gasteiger partial charge in [-0.15, -0.1) is 0 Å². The largest absolute Gasteiger partial charge is 0.366 e. The van der Waals surface area contributed by atoms with Crippen molar-refractivity contribution < 1.29 is 0 Å².